The summed E-state index contributed by atoms with van der Waals surface area (Å²) >= 11 is 1.52. The largest absolute Gasteiger partial charge is 0.294 e. The molecule has 3 rings (SSSR count). The van der Waals surface area contributed by atoms with Crippen LogP contribution in [0.5, 0.6) is 0 Å². The molecule has 0 unspecified atom stereocenters. The molecule has 1 aromatic heterocycles. The van der Waals surface area contributed by atoms with E-state index in [-0.39, 0.29) is 17.8 Å². The Labute approximate surface area is 145 Å². The lowest BCUT2D eigenvalue weighted by atomic mass is 10.1. The first-order valence-electron chi connectivity index (χ1n) is 8.15. The Morgan fingerprint density at radius 2 is 2.04 bits per heavy atom. The second-order valence-electron chi connectivity index (χ2n) is 6.38. The number of amides is 1. The third-order valence-corrected chi connectivity index (χ3v) is 5.31. The van der Waals surface area contributed by atoms with Gasteiger partial charge in [0, 0.05) is 30.9 Å². The fourth-order valence-corrected chi connectivity index (χ4v) is 3.68. The van der Waals surface area contributed by atoms with Crippen molar-refractivity contribution in [1.82, 2.24) is 9.88 Å². The molecule has 1 amide bonds. The first-order valence-corrected chi connectivity index (χ1v) is 9.03. The molecule has 1 atom stereocenters. The summed E-state index contributed by atoms with van der Waals surface area (Å²) in [6, 6.07) is 7.09. The van der Waals surface area contributed by atoms with Crippen LogP contribution in [-0.4, -0.2) is 28.9 Å². The minimum absolute atomic E-state index is 0.0615. The van der Waals surface area contributed by atoms with E-state index in [1.807, 2.05) is 29.5 Å². The molecule has 0 bridgehead atoms. The molecule has 0 spiro atoms. The van der Waals surface area contributed by atoms with Gasteiger partial charge in [-0.05, 0) is 44.5 Å². The van der Waals surface area contributed by atoms with Crippen LogP contribution in [0.3, 0.4) is 0 Å². The first-order chi connectivity index (χ1) is 11.5. The van der Waals surface area contributed by atoms with Crippen molar-refractivity contribution < 1.29 is 9.18 Å². The van der Waals surface area contributed by atoms with Gasteiger partial charge >= 0.3 is 0 Å². The third kappa shape index (κ3) is 3.82. The molecule has 1 fully saturated rings. The quantitative estimate of drug-likeness (QED) is 0.793. The van der Waals surface area contributed by atoms with Crippen LogP contribution in [0.15, 0.2) is 29.6 Å². The van der Waals surface area contributed by atoms with Crippen LogP contribution in [0.4, 0.5) is 9.52 Å². The molecule has 0 saturated heterocycles. The van der Waals surface area contributed by atoms with E-state index in [1.165, 1.54) is 23.5 Å². The van der Waals surface area contributed by atoms with E-state index in [1.54, 1.807) is 6.92 Å². The summed E-state index contributed by atoms with van der Waals surface area (Å²) in [6.07, 6.45) is 2.13. The van der Waals surface area contributed by atoms with E-state index in [0.717, 1.165) is 29.2 Å². The number of nitrogens with zero attached hydrogens (tertiary/aromatic N) is 3. The number of halogens is 1. The number of rotatable bonds is 6. The highest BCUT2D eigenvalue weighted by atomic mass is 32.1. The van der Waals surface area contributed by atoms with Gasteiger partial charge in [0.2, 0.25) is 5.91 Å². The van der Waals surface area contributed by atoms with Crippen LogP contribution >= 0.6 is 11.3 Å². The standard InChI is InChI=1S/C18H22FN3OS/c1-12(14-4-6-15(19)7-5-14)21(3)10-16-11-24-18(20-16)22(13(2)23)17-8-9-17/h4-7,11-12,17H,8-10H2,1-3H3/t12-/m0/s1. The van der Waals surface area contributed by atoms with E-state index in [0.29, 0.717) is 12.6 Å². The molecule has 6 heteroatoms. The number of hydrogen-bond donors (Lipinski definition) is 0. The van der Waals surface area contributed by atoms with Crippen LogP contribution < -0.4 is 4.90 Å². The summed E-state index contributed by atoms with van der Waals surface area (Å²) < 4.78 is 13.1. The van der Waals surface area contributed by atoms with Crippen LogP contribution in [0.2, 0.25) is 0 Å². The molecule has 0 radical (unpaired) electrons. The van der Waals surface area contributed by atoms with Gasteiger partial charge in [-0.2, -0.15) is 0 Å². The average molecular weight is 347 g/mol. The van der Waals surface area contributed by atoms with Crippen molar-refractivity contribution in [1.29, 1.82) is 0 Å². The highest BCUT2D eigenvalue weighted by Gasteiger charge is 2.33. The molecule has 24 heavy (non-hydrogen) atoms. The highest BCUT2D eigenvalue weighted by molar-refractivity contribution is 7.14. The lowest BCUT2D eigenvalue weighted by Gasteiger charge is -2.24. The zero-order chi connectivity index (χ0) is 17.3. The predicted molar refractivity (Wildman–Crippen MR) is 94.6 cm³/mol. The van der Waals surface area contributed by atoms with E-state index in [9.17, 15) is 9.18 Å². The monoisotopic (exact) mass is 347 g/mol. The Morgan fingerprint density at radius 3 is 2.62 bits per heavy atom. The molecular weight excluding hydrogens is 325 g/mol. The van der Waals surface area contributed by atoms with Crippen molar-refractivity contribution in [2.75, 3.05) is 11.9 Å². The Morgan fingerprint density at radius 1 is 1.38 bits per heavy atom. The van der Waals surface area contributed by atoms with Gasteiger partial charge in [0.15, 0.2) is 5.13 Å². The van der Waals surface area contributed by atoms with Crippen LogP contribution in [0.1, 0.15) is 44.0 Å². The lowest BCUT2D eigenvalue weighted by molar-refractivity contribution is -0.116. The van der Waals surface area contributed by atoms with Gasteiger partial charge in [0.05, 0.1) is 5.69 Å². The van der Waals surface area contributed by atoms with Gasteiger partial charge in [-0.15, -0.1) is 11.3 Å². The number of carbonyl (C=O) groups excluding carboxylic acids is 1. The summed E-state index contributed by atoms with van der Waals surface area (Å²) in [6.45, 7) is 4.38. The fraction of sp³-hybridized carbons (Fsp3) is 0.444. The Bertz CT molecular complexity index is 711. The maximum absolute atomic E-state index is 13.1. The minimum Gasteiger partial charge on any atom is -0.294 e. The number of anilines is 1. The van der Waals surface area contributed by atoms with E-state index < -0.39 is 0 Å². The fourth-order valence-electron chi connectivity index (χ4n) is 2.75. The molecule has 128 valence electrons. The van der Waals surface area contributed by atoms with Crippen molar-refractivity contribution in [3.05, 3.63) is 46.7 Å². The summed E-state index contributed by atoms with van der Waals surface area (Å²) in [4.78, 5) is 20.5. The average Bonchev–Trinajstić information content (AvgIpc) is 3.26. The van der Waals surface area contributed by atoms with E-state index in [2.05, 4.69) is 16.8 Å². The molecule has 4 nitrogen and oxygen atoms in total. The van der Waals surface area contributed by atoms with Crippen LogP contribution in [0.25, 0.3) is 0 Å². The minimum atomic E-state index is -0.220. The molecule has 1 heterocycles. The van der Waals surface area contributed by atoms with Gasteiger partial charge < -0.3 is 0 Å². The molecule has 2 aromatic rings. The van der Waals surface area contributed by atoms with E-state index in [4.69, 9.17) is 0 Å². The van der Waals surface area contributed by atoms with Gasteiger partial charge in [0.25, 0.3) is 0 Å². The third-order valence-electron chi connectivity index (χ3n) is 4.42. The Balaban J connectivity index is 1.67. The zero-order valence-electron chi connectivity index (χ0n) is 14.2. The van der Waals surface area contributed by atoms with Crippen molar-refractivity contribution in [3.63, 3.8) is 0 Å². The maximum atomic E-state index is 13.1. The normalized spacial score (nSPS) is 15.5. The molecule has 1 aromatic carbocycles. The zero-order valence-corrected chi connectivity index (χ0v) is 15.0. The van der Waals surface area contributed by atoms with Crippen molar-refractivity contribution in [3.8, 4) is 0 Å². The number of thiazole rings is 1. The second kappa shape index (κ2) is 6.99. The highest BCUT2D eigenvalue weighted by Crippen LogP contribution is 2.34. The smallest absolute Gasteiger partial charge is 0.225 e. The van der Waals surface area contributed by atoms with Gasteiger partial charge in [-0.25, -0.2) is 9.37 Å². The summed E-state index contributed by atoms with van der Waals surface area (Å²) in [5.74, 6) is -0.159. The summed E-state index contributed by atoms with van der Waals surface area (Å²) in [7, 11) is 2.02. The van der Waals surface area contributed by atoms with Crippen LogP contribution in [0, 0.1) is 5.82 Å². The van der Waals surface area contributed by atoms with Gasteiger partial charge in [0.1, 0.15) is 5.82 Å². The molecule has 1 saturated carbocycles. The topological polar surface area (TPSA) is 36.4 Å². The summed E-state index contributed by atoms with van der Waals surface area (Å²) in [5.41, 5.74) is 2.02. The lowest BCUT2D eigenvalue weighted by Crippen LogP contribution is -2.30. The molecule has 0 N–H and O–H groups in total. The van der Waals surface area contributed by atoms with Crippen LogP contribution in [-0.2, 0) is 11.3 Å². The molecule has 0 aliphatic heterocycles. The first kappa shape index (κ1) is 17.0. The van der Waals surface area contributed by atoms with Crippen molar-refractivity contribution in [2.24, 2.45) is 0 Å². The van der Waals surface area contributed by atoms with Crippen molar-refractivity contribution in [2.45, 2.75) is 45.3 Å². The Hall–Kier alpha value is -1.79. The van der Waals surface area contributed by atoms with E-state index >= 15 is 0 Å². The van der Waals surface area contributed by atoms with Gasteiger partial charge in [-0.1, -0.05) is 12.1 Å². The van der Waals surface area contributed by atoms with Crippen molar-refractivity contribution >= 4 is 22.4 Å². The maximum Gasteiger partial charge on any atom is 0.225 e. The Kier molecular flexibility index (Phi) is 4.96. The van der Waals surface area contributed by atoms with Gasteiger partial charge in [-0.3, -0.25) is 14.6 Å². The molecule has 1 aliphatic rings. The summed E-state index contributed by atoms with van der Waals surface area (Å²) in [5, 5.41) is 2.81. The second-order valence-corrected chi connectivity index (χ2v) is 7.22. The molecule has 1 aliphatic carbocycles. The number of carbonyl (C=O) groups is 1. The number of aromatic nitrogens is 1. The SMILES string of the molecule is CC(=O)N(c1nc(CN(C)[C@@H](C)c2ccc(F)cc2)cs1)C1CC1. The number of hydrogen-bond acceptors (Lipinski definition) is 4. The molecular formula is C18H22FN3OS. The number of benzene rings is 1. The predicted octanol–water partition coefficient (Wildman–Crippen LogP) is 3.99.